The second-order valence-corrected chi connectivity index (χ2v) is 13.2. The number of amides is 1. The van der Waals surface area contributed by atoms with Crippen LogP contribution in [0.1, 0.15) is 49.3 Å². The number of rotatable bonds is 6. The van der Waals surface area contributed by atoms with Crippen LogP contribution in [0.3, 0.4) is 0 Å². The third kappa shape index (κ3) is 5.62. The van der Waals surface area contributed by atoms with E-state index >= 15 is 4.39 Å². The van der Waals surface area contributed by atoms with Crippen LogP contribution in [0, 0.1) is 36.4 Å². The highest BCUT2D eigenvalue weighted by atomic mass is 32.2. The van der Waals surface area contributed by atoms with E-state index in [0.29, 0.717) is 27.2 Å². The van der Waals surface area contributed by atoms with E-state index < -0.39 is 11.7 Å². The molecule has 3 aromatic rings. The highest BCUT2D eigenvalue weighted by molar-refractivity contribution is 8.01. The van der Waals surface area contributed by atoms with Crippen LogP contribution >= 0.6 is 23.1 Å². The zero-order valence-electron chi connectivity index (χ0n) is 23.1. The Morgan fingerprint density at radius 2 is 2.00 bits per heavy atom. The molecule has 0 fully saturated rings. The van der Waals surface area contributed by atoms with Crippen molar-refractivity contribution >= 4 is 45.6 Å². The molecule has 0 radical (unpaired) electrons. The van der Waals surface area contributed by atoms with Gasteiger partial charge in [-0.3, -0.25) is 14.5 Å². The zero-order chi connectivity index (χ0) is 29.5. The number of benzene rings is 2. The van der Waals surface area contributed by atoms with Crippen LogP contribution in [0.15, 0.2) is 69.5 Å². The largest absolute Gasteiger partial charge is 0.384 e. The Labute approximate surface area is 246 Å². The van der Waals surface area contributed by atoms with Crippen molar-refractivity contribution in [3.63, 3.8) is 0 Å². The maximum Gasteiger partial charge on any atom is 0.234 e. The van der Waals surface area contributed by atoms with Gasteiger partial charge >= 0.3 is 0 Å². The minimum absolute atomic E-state index is 0.0826. The first-order valence-corrected chi connectivity index (χ1v) is 14.8. The van der Waals surface area contributed by atoms with Crippen molar-refractivity contribution in [1.29, 1.82) is 5.26 Å². The predicted octanol–water partition coefficient (Wildman–Crippen LogP) is 5.97. The van der Waals surface area contributed by atoms with Crippen molar-refractivity contribution in [2.75, 3.05) is 16.0 Å². The van der Waals surface area contributed by atoms with Gasteiger partial charge in [-0.05, 0) is 43.4 Å². The van der Waals surface area contributed by atoms with Crippen LogP contribution in [0.5, 0.6) is 0 Å². The summed E-state index contributed by atoms with van der Waals surface area (Å²) in [6.07, 6.45) is 0.731. The summed E-state index contributed by atoms with van der Waals surface area (Å²) in [6.45, 7) is 7.91. The fourth-order valence-corrected chi connectivity index (χ4v) is 7.05. The molecule has 3 N–H and O–H groups in total. The molecule has 0 saturated heterocycles. The normalized spacial score (nSPS) is 18.3. The molecular weight excluding hydrogens is 560 g/mol. The molecule has 2 aliphatic rings. The van der Waals surface area contributed by atoms with E-state index in [2.05, 4.69) is 21.6 Å². The van der Waals surface area contributed by atoms with Crippen LogP contribution in [0.2, 0.25) is 0 Å². The molecule has 2 aromatic carbocycles. The van der Waals surface area contributed by atoms with Crippen LogP contribution in [0.25, 0.3) is 0 Å². The predicted molar refractivity (Wildman–Crippen MR) is 159 cm³/mol. The van der Waals surface area contributed by atoms with E-state index in [4.69, 9.17) is 5.73 Å². The van der Waals surface area contributed by atoms with Gasteiger partial charge in [0.1, 0.15) is 11.6 Å². The minimum Gasteiger partial charge on any atom is -0.384 e. The van der Waals surface area contributed by atoms with Gasteiger partial charge in [-0.15, -0.1) is 10.2 Å². The van der Waals surface area contributed by atoms with Crippen molar-refractivity contribution < 1.29 is 14.0 Å². The first-order chi connectivity index (χ1) is 19.5. The number of Topliss-reactive ketones (excluding diaryl/α,β-unsaturated/α-hetero) is 1. The zero-order valence-corrected chi connectivity index (χ0v) is 24.8. The molecule has 0 saturated carbocycles. The van der Waals surface area contributed by atoms with Gasteiger partial charge in [0.15, 0.2) is 10.1 Å². The van der Waals surface area contributed by atoms with Crippen molar-refractivity contribution in [1.82, 2.24) is 10.2 Å². The van der Waals surface area contributed by atoms with Crippen LogP contribution in [-0.4, -0.2) is 27.6 Å². The second kappa shape index (κ2) is 11.1. The summed E-state index contributed by atoms with van der Waals surface area (Å²) in [5.41, 5.74) is 10.3. The van der Waals surface area contributed by atoms with Gasteiger partial charge in [0.05, 0.1) is 23.3 Å². The van der Waals surface area contributed by atoms with Gasteiger partial charge in [0.25, 0.3) is 0 Å². The number of hydrogen-bond acceptors (Lipinski definition) is 9. The molecule has 8 nitrogen and oxygen atoms in total. The van der Waals surface area contributed by atoms with Crippen LogP contribution in [-0.2, 0) is 9.59 Å². The van der Waals surface area contributed by atoms with Crippen molar-refractivity contribution in [2.45, 2.75) is 50.8 Å². The van der Waals surface area contributed by atoms with E-state index in [0.717, 1.165) is 16.8 Å². The van der Waals surface area contributed by atoms with Gasteiger partial charge in [-0.1, -0.05) is 72.8 Å². The molecule has 1 aliphatic carbocycles. The first-order valence-electron chi connectivity index (χ1n) is 13.0. The molecule has 41 heavy (non-hydrogen) atoms. The topological polar surface area (TPSA) is 125 Å². The molecule has 1 amide bonds. The minimum atomic E-state index is -0.910. The number of allylic oxidation sites excluding steroid dienone is 3. The number of anilines is 2. The number of aryl methyl sites for hydroxylation is 2. The lowest BCUT2D eigenvalue weighted by molar-refractivity contribution is -0.118. The van der Waals surface area contributed by atoms with Crippen LogP contribution in [0.4, 0.5) is 15.2 Å². The van der Waals surface area contributed by atoms with Gasteiger partial charge in [-0.2, -0.15) is 5.26 Å². The molecule has 5 rings (SSSR count). The standard InChI is InChI=1S/C30H29FN6O2S2/c1-16-9-10-21(17(2)11-16)34-24(39)15-40-29-36-35-28(41-29)37-22-12-30(3,4)13-23(38)26(22)25(19(14-32)27(37)33)18-7-5-6-8-20(18)31/h5-11,25H,12-13,15,33H2,1-4H3,(H,34,39). The SMILES string of the molecule is Cc1ccc(NC(=O)CSc2nnc(N3C(N)=C(C#N)C(c4ccccc4F)C4=C3CC(C)(C)CC4=O)s2)c(C)c1. The number of aromatic nitrogens is 2. The number of carbonyl (C=O) groups is 2. The van der Waals surface area contributed by atoms with E-state index in [1.54, 1.807) is 23.1 Å². The Balaban J connectivity index is 1.46. The average Bonchev–Trinajstić information content (AvgIpc) is 3.36. The third-order valence-electron chi connectivity index (χ3n) is 7.17. The quantitative estimate of drug-likeness (QED) is 0.338. The summed E-state index contributed by atoms with van der Waals surface area (Å²) in [5, 5.41) is 22.0. The Morgan fingerprint density at radius 1 is 1.24 bits per heavy atom. The van der Waals surface area contributed by atoms with E-state index in [9.17, 15) is 14.9 Å². The molecule has 0 bridgehead atoms. The van der Waals surface area contributed by atoms with E-state index in [-0.39, 0.29) is 46.2 Å². The lowest BCUT2D eigenvalue weighted by Crippen LogP contribution is -2.42. The number of ketones is 1. The number of nitrogens with two attached hydrogens (primary N) is 1. The fraction of sp³-hybridized carbons (Fsp3) is 0.300. The highest BCUT2D eigenvalue weighted by Crippen LogP contribution is 2.51. The maximum atomic E-state index is 15.0. The van der Waals surface area contributed by atoms with Gasteiger partial charge in [-0.25, -0.2) is 4.39 Å². The molecule has 210 valence electrons. The molecule has 1 atom stereocenters. The molecule has 1 unspecified atom stereocenters. The summed E-state index contributed by atoms with van der Waals surface area (Å²) in [5.74, 6) is -1.55. The molecule has 2 heterocycles. The Bertz CT molecular complexity index is 1670. The summed E-state index contributed by atoms with van der Waals surface area (Å²) in [6, 6.07) is 14.1. The van der Waals surface area contributed by atoms with Crippen molar-refractivity contribution in [3.8, 4) is 6.07 Å². The molecule has 1 aromatic heterocycles. The number of nitrogens with one attached hydrogen (secondary N) is 1. The number of nitriles is 1. The Morgan fingerprint density at radius 3 is 2.71 bits per heavy atom. The van der Waals surface area contributed by atoms with Crippen molar-refractivity contribution in [3.05, 3.63) is 87.6 Å². The Hall–Kier alpha value is -4.01. The first kappa shape index (κ1) is 28.5. The number of nitrogens with zero attached hydrogens (tertiary/aromatic N) is 4. The van der Waals surface area contributed by atoms with Gasteiger partial charge < -0.3 is 11.1 Å². The summed E-state index contributed by atoms with van der Waals surface area (Å²) >= 11 is 2.44. The third-order valence-corrected chi connectivity index (χ3v) is 9.21. The maximum absolute atomic E-state index is 15.0. The highest BCUT2D eigenvalue weighted by Gasteiger charge is 2.46. The fourth-order valence-electron chi connectivity index (χ4n) is 5.37. The second-order valence-electron chi connectivity index (χ2n) is 11.0. The summed E-state index contributed by atoms with van der Waals surface area (Å²) < 4.78 is 15.6. The number of thioether (sulfide) groups is 1. The van der Waals surface area contributed by atoms with E-state index in [1.807, 2.05) is 45.9 Å². The summed E-state index contributed by atoms with van der Waals surface area (Å²) in [4.78, 5) is 27.8. The monoisotopic (exact) mass is 588 g/mol. The number of hydrogen-bond donors (Lipinski definition) is 2. The molecule has 0 spiro atoms. The lowest BCUT2D eigenvalue weighted by Gasteiger charge is -2.42. The van der Waals surface area contributed by atoms with Gasteiger partial charge in [0.2, 0.25) is 11.0 Å². The smallest absolute Gasteiger partial charge is 0.234 e. The lowest BCUT2D eigenvalue weighted by atomic mass is 9.68. The number of carbonyl (C=O) groups excluding carboxylic acids is 2. The Kier molecular flexibility index (Phi) is 7.72. The molecule has 11 heteroatoms. The molecular formula is C30H29FN6O2S2. The average molecular weight is 589 g/mol. The van der Waals surface area contributed by atoms with Gasteiger partial charge in [0, 0.05) is 28.9 Å². The van der Waals surface area contributed by atoms with Crippen LogP contribution < -0.4 is 16.0 Å². The summed E-state index contributed by atoms with van der Waals surface area (Å²) in [7, 11) is 0. The number of halogens is 1. The van der Waals surface area contributed by atoms with Crippen molar-refractivity contribution in [2.24, 2.45) is 11.1 Å². The molecule has 1 aliphatic heterocycles. The van der Waals surface area contributed by atoms with E-state index in [1.165, 1.54) is 29.2 Å².